The fraction of sp³-hybridized carbons (Fsp3) is 0.250. The van der Waals surface area contributed by atoms with Gasteiger partial charge in [0.2, 0.25) is 0 Å². The van der Waals surface area contributed by atoms with Crippen molar-refractivity contribution in [1.29, 1.82) is 0 Å². The van der Waals surface area contributed by atoms with Gasteiger partial charge in [-0.3, -0.25) is 9.48 Å². The van der Waals surface area contributed by atoms with Crippen molar-refractivity contribution in [3.05, 3.63) is 52.6 Å². The summed E-state index contributed by atoms with van der Waals surface area (Å²) >= 11 is 7.75. The van der Waals surface area contributed by atoms with Crippen molar-refractivity contribution in [2.75, 3.05) is 6.54 Å². The zero-order valence-electron chi connectivity index (χ0n) is 12.1. The number of carbonyl (C=O) groups excluding carboxylic acids is 1. The van der Waals surface area contributed by atoms with E-state index in [2.05, 4.69) is 17.3 Å². The van der Waals surface area contributed by atoms with E-state index in [4.69, 9.17) is 11.6 Å². The third-order valence-electron chi connectivity index (χ3n) is 3.41. The maximum absolute atomic E-state index is 12.3. The lowest BCUT2D eigenvalue weighted by atomic mass is 10.2. The van der Waals surface area contributed by atoms with E-state index in [0.717, 1.165) is 16.6 Å². The van der Waals surface area contributed by atoms with Gasteiger partial charge in [0.25, 0.3) is 5.91 Å². The molecule has 3 aromatic rings. The molecule has 1 N–H and O–H groups in total. The van der Waals surface area contributed by atoms with Gasteiger partial charge in [0.1, 0.15) is 4.88 Å². The highest BCUT2D eigenvalue weighted by atomic mass is 35.5. The number of aromatic nitrogens is 2. The van der Waals surface area contributed by atoms with Gasteiger partial charge in [0.05, 0.1) is 5.02 Å². The number of nitrogens with one attached hydrogen (secondary N) is 1. The average Bonchev–Trinajstić information content (AvgIpc) is 3.13. The first-order valence-corrected chi connectivity index (χ1v) is 8.27. The van der Waals surface area contributed by atoms with Gasteiger partial charge in [-0.25, -0.2) is 0 Å². The van der Waals surface area contributed by atoms with Crippen LogP contribution >= 0.6 is 22.9 Å². The summed E-state index contributed by atoms with van der Waals surface area (Å²) in [5, 5.41) is 8.60. The Hall–Kier alpha value is -1.85. The van der Waals surface area contributed by atoms with Crippen molar-refractivity contribution < 1.29 is 4.79 Å². The van der Waals surface area contributed by atoms with Crippen LogP contribution in [0.3, 0.4) is 0 Å². The molecular weight excluding hydrogens is 318 g/mol. The summed E-state index contributed by atoms with van der Waals surface area (Å²) in [4.78, 5) is 12.9. The minimum Gasteiger partial charge on any atom is -0.351 e. The quantitative estimate of drug-likeness (QED) is 0.771. The zero-order chi connectivity index (χ0) is 15.5. The normalized spacial score (nSPS) is 12.5. The SMILES string of the molecule is C[C@@H](CNC(=O)c1sc2ccccc2c1Cl)Cn1cccn1. The number of hydrogen-bond acceptors (Lipinski definition) is 3. The summed E-state index contributed by atoms with van der Waals surface area (Å²) in [6.45, 7) is 3.44. The highest BCUT2D eigenvalue weighted by Crippen LogP contribution is 2.34. The van der Waals surface area contributed by atoms with Gasteiger partial charge in [-0.05, 0) is 18.1 Å². The lowest BCUT2D eigenvalue weighted by Gasteiger charge is -2.12. The van der Waals surface area contributed by atoms with Crippen molar-refractivity contribution in [2.24, 2.45) is 5.92 Å². The Kier molecular flexibility index (Phi) is 4.45. The third-order valence-corrected chi connectivity index (χ3v) is 5.08. The van der Waals surface area contributed by atoms with Crippen LogP contribution in [0.25, 0.3) is 10.1 Å². The maximum atomic E-state index is 12.3. The van der Waals surface area contributed by atoms with Crippen LogP contribution in [0.4, 0.5) is 0 Å². The van der Waals surface area contributed by atoms with Gasteiger partial charge < -0.3 is 5.32 Å². The molecule has 114 valence electrons. The van der Waals surface area contributed by atoms with E-state index < -0.39 is 0 Å². The molecule has 0 aliphatic heterocycles. The number of rotatable bonds is 5. The zero-order valence-corrected chi connectivity index (χ0v) is 13.7. The Bertz CT molecular complexity index is 782. The van der Waals surface area contributed by atoms with Crippen molar-refractivity contribution >= 4 is 38.9 Å². The summed E-state index contributed by atoms with van der Waals surface area (Å²) in [5.74, 6) is 0.176. The van der Waals surface area contributed by atoms with Crippen LogP contribution in [0.5, 0.6) is 0 Å². The first kappa shape index (κ1) is 15.1. The van der Waals surface area contributed by atoms with Crippen LogP contribution in [0.2, 0.25) is 5.02 Å². The minimum atomic E-state index is -0.112. The Morgan fingerprint density at radius 2 is 2.23 bits per heavy atom. The molecule has 0 saturated carbocycles. The average molecular weight is 334 g/mol. The van der Waals surface area contributed by atoms with Crippen LogP contribution in [-0.4, -0.2) is 22.2 Å². The maximum Gasteiger partial charge on any atom is 0.262 e. The van der Waals surface area contributed by atoms with Crippen LogP contribution in [0.15, 0.2) is 42.7 Å². The molecule has 6 heteroatoms. The third kappa shape index (κ3) is 3.15. The number of carbonyl (C=O) groups is 1. The monoisotopic (exact) mass is 333 g/mol. The molecule has 0 radical (unpaired) electrons. The molecule has 1 atom stereocenters. The number of nitrogens with zero attached hydrogens (tertiary/aromatic N) is 2. The van der Waals surface area contributed by atoms with E-state index in [9.17, 15) is 4.79 Å². The second-order valence-electron chi connectivity index (χ2n) is 5.28. The minimum absolute atomic E-state index is 0.112. The molecule has 22 heavy (non-hydrogen) atoms. The van der Waals surface area contributed by atoms with Gasteiger partial charge in [-0.15, -0.1) is 11.3 Å². The van der Waals surface area contributed by atoms with Crippen molar-refractivity contribution in [2.45, 2.75) is 13.5 Å². The Labute approximate surface area is 137 Å². The Morgan fingerprint density at radius 1 is 1.41 bits per heavy atom. The molecule has 0 bridgehead atoms. The Morgan fingerprint density at radius 3 is 2.95 bits per heavy atom. The number of hydrogen-bond donors (Lipinski definition) is 1. The molecule has 2 aromatic heterocycles. The van der Waals surface area contributed by atoms with Crippen LogP contribution in [-0.2, 0) is 6.54 Å². The van der Waals surface area contributed by atoms with E-state index >= 15 is 0 Å². The number of benzene rings is 1. The molecule has 4 nitrogen and oxygen atoms in total. The number of amides is 1. The smallest absolute Gasteiger partial charge is 0.262 e. The van der Waals surface area contributed by atoms with Crippen molar-refractivity contribution in [1.82, 2.24) is 15.1 Å². The standard InChI is InChI=1S/C16H16ClN3OS/c1-11(10-20-8-4-7-19-20)9-18-16(21)15-14(17)12-5-2-3-6-13(12)22-15/h2-8,11H,9-10H2,1H3,(H,18,21)/t11-/m0/s1. The molecule has 0 saturated heterocycles. The van der Waals surface area contributed by atoms with Crippen molar-refractivity contribution in [3.63, 3.8) is 0 Å². The highest BCUT2D eigenvalue weighted by Gasteiger charge is 2.17. The molecule has 1 aromatic carbocycles. The number of thiophene rings is 1. The number of fused-ring (bicyclic) bond motifs is 1. The van der Waals surface area contributed by atoms with Crippen LogP contribution < -0.4 is 5.32 Å². The molecule has 0 aliphatic rings. The lowest BCUT2D eigenvalue weighted by molar-refractivity contribution is 0.0951. The summed E-state index contributed by atoms with van der Waals surface area (Å²) in [6, 6.07) is 9.67. The molecule has 1 amide bonds. The topological polar surface area (TPSA) is 46.9 Å². The van der Waals surface area contributed by atoms with E-state index in [-0.39, 0.29) is 11.8 Å². The van der Waals surface area contributed by atoms with E-state index in [0.29, 0.717) is 16.4 Å². The first-order chi connectivity index (χ1) is 10.6. The van der Waals surface area contributed by atoms with Gasteiger partial charge in [-0.2, -0.15) is 5.10 Å². The first-order valence-electron chi connectivity index (χ1n) is 7.08. The van der Waals surface area contributed by atoms with Crippen molar-refractivity contribution in [3.8, 4) is 0 Å². The van der Waals surface area contributed by atoms with Gasteiger partial charge in [0, 0.05) is 35.6 Å². The van der Waals surface area contributed by atoms with Gasteiger partial charge in [-0.1, -0.05) is 36.7 Å². The summed E-state index contributed by atoms with van der Waals surface area (Å²) in [7, 11) is 0. The fourth-order valence-corrected chi connectivity index (χ4v) is 3.73. The molecule has 2 heterocycles. The number of halogens is 1. The predicted octanol–water partition coefficient (Wildman–Crippen LogP) is 3.82. The fourth-order valence-electron chi connectivity index (χ4n) is 2.30. The van der Waals surface area contributed by atoms with Gasteiger partial charge >= 0.3 is 0 Å². The molecule has 0 fully saturated rings. The second kappa shape index (κ2) is 6.50. The lowest BCUT2D eigenvalue weighted by Crippen LogP contribution is -2.29. The van der Waals surface area contributed by atoms with E-state index in [1.807, 2.05) is 41.2 Å². The van der Waals surface area contributed by atoms with E-state index in [1.165, 1.54) is 11.3 Å². The molecule has 0 unspecified atom stereocenters. The van der Waals surface area contributed by atoms with E-state index in [1.54, 1.807) is 6.20 Å². The molecular formula is C16H16ClN3OS. The highest BCUT2D eigenvalue weighted by molar-refractivity contribution is 7.21. The molecule has 0 spiro atoms. The summed E-state index contributed by atoms with van der Waals surface area (Å²) < 4.78 is 2.89. The van der Waals surface area contributed by atoms with Crippen LogP contribution in [0, 0.1) is 5.92 Å². The molecule has 3 rings (SSSR count). The molecule has 0 aliphatic carbocycles. The summed E-state index contributed by atoms with van der Waals surface area (Å²) in [5.41, 5.74) is 0. The summed E-state index contributed by atoms with van der Waals surface area (Å²) in [6.07, 6.45) is 3.67. The van der Waals surface area contributed by atoms with Crippen LogP contribution in [0.1, 0.15) is 16.6 Å². The largest absolute Gasteiger partial charge is 0.351 e. The second-order valence-corrected chi connectivity index (χ2v) is 6.71. The predicted molar refractivity (Wildman–Crippen MR) is 90.6 cm³/mol. The Balaban J connectivity index is 1.64. The van der Waals surface area contributed by atoms with Gasteiger partial charge in [0.15, 0.2) is 0 Å².